The Morgan fingerprint density at radius 1 is 1.17 bits per heavy atom. The topological polar surface area (TPSA) is 12.0 Å². The largest absolute Gasteiger partial charge is 0.309 e. The SMILES string of the molecule is CNC(c1ccccc1F)c1cc(I)ccc1Br. The van der Waals surface area contributed by atoms with Crippen molar-refractivity contribution in [1.82, 2.24) is 5.32 Å². The molecule has 1 nitrogen and oxygen atoms in total. The van der Waals surface area contributed by atoms with E-state index in [0.717, 1.165) is 13.6 Å². The molecule has 0 radical (unpaired) electrons. The minimum Gasteiger partial charge on any atom is -0.309 e. The van der Waals surface area contributed by atoms with Crippen LogP contribution in [0.4, 0.5) is 4.39 Å². The summed E-state index contributed by atoms with van der Waals surface area (Å²) in [6.45, 7) is 0. The molecule has 0 spiro atoms. The first-order chi connectivity index (χ1) is 8.63. The van der Waals surface area contributed by atoms with Crippen molar-refractivity contribution < 1.29 is 4.39 Å². The molecule has 0 aliphatic rings. The minimum atomic E-state index is -0.192. The molecule has 0 aliphatic heterocycles. The van der Waals surface area contributed by atoms with Gasteiger partial charge in [-0.15, -0.1) is 0 Å². The Morgan fingerprint density at radius 3 is 2.56 bits per heavy atom. The highest BCUT2D eigenvalue weighted by molar-refractivity contribution is 14.1. The Labute approximate surface area is 128 Å². The van der Waals surface area contributed by atoms with Gasteiger partial charge in [-0.1, -0.05) is 34.1 Å². The fourth-order valence-corrected chi connectivity index (χ4v) is 2.91. The predicted octanol–water partition coefficient (Wildman–Crippen LogP) is 4.50. The van der Waals surface area contributed by atoms with Crippen LogP contribution in [0, 0.1) is 9.39 Å². The van der Waals surface area contributed by atoms with Crippen LogP contribution in [-0.2, 0) is 0 Å². The molecule has 4 heteroatoms. The number of hydrogen-bond acceptors (Lipinski definition) is 1. The summed E-state index contributed by atoms with van der Waals surface area (Å²) in [6, 6.07) is 12.8. The van der Waals surface area contributed by atoms with Gasteiger partial charge in [-0.05, 0) is 59.5 Å². The second-order valence-corrected chi connectivity index (χ2v) is 6.01. The van der Waals surface area contributed by atoms with Crippen LogP contribution in [0.25, 0.3) is 0 Å². The lowest BCUT2D eigenvalue weighted by Crippen LogP contribution is -2.19. The van der Waals surface area contributed by atoms with Gasteiger partial charge in [0.1, 0.15) is 5.82 Å². The van der Waals surface area contributed by atoms with E-state index in [9.17, 15) is 4.39 Å². The van der Waals surface area contributed by atoms with Gasteiger partial charge in [0.05, 0.1) is 6.04 Å². The fourth-order valence-electron chi connectivity index (χ4n) is 1.92. The van der Waals surface area contributed by atoms with Gasteiger partial charge in [-0.25, -0.2) is 4.39 Å². The van der Waals surface area contributed by atoms with E-state index >= 15 is 0 Å². The standard InChI is InChI=1S/C14H12BrFIN/c1-18-14(10-4-2-3-5-13(10)16)11-8-9(17)6-7-12(11)15/h2-8,14,18H,1H3. The number of halogens is 3. The van der Waals surface area contributed by atoms with Crippen LogP contribution in [0.2, 0.25) is 0 Å². The molecular weight excluding hydrogens is 408 g/mol. The molecule has 0 saturated heterocycles. The molecular formula is C14H12BrFIN. The van der Waals surface area contributed by atoms with E-state index in [1.54, 1.807) is 6.07 Å². The Hall–Kier alpha value is -0.460. The molecule has 1 unspecified atom stereocenters. The molecule has 2 aromatic rings. The van der Waals surface area contributed by atoms with Gasteiger partial charge in [0.15, 0.2) is 0 Å². The van der Waals surface area contributed by atoms with E-state index < -0.39 is 0 Å². The van der Waals surface area contributed by atoms with E-state index in [1.165, 1.54) is 6.07 Å². The predicted molar refractivity (Wildman–Crippen MR) is 84.2 cm³/mol. The zero-order valence-electron chi connectivity index (χ0n) is 9.75. The molecule has 18 heavy (non-hydrogen) atoms. The van der Waals surface area contributed by atoms with Gasteiger partial charge in [0.25, 0.3) is 0 Å². The molecule has 0 amide bonds. The molecule has 1 N–H and O–H groups in total. The van der Waals surface area contributed by atoms with E-state index in [4.69, 9.17) is 0 Å². The molecule has 0 aliphatic carbocycles. The van der Waals surface area contributed by atoms with Crippen molar-refractivity contribution in [2.45, 2.75) is 6.04 Å². The summed E-state index contributed by atoms with van der Waals surface area (Å²) in [5, 5.41) is 3.17. The van der Waals surface area contributed by atoms with E-state index in [1.807, 2.05) is 31.3 Å². The van der Waals surface area contributed by atoms with Crippen molar-refractivity contribution in [2.24, 2.45) is 0 Å². The first-order valence-corrected chi connectivity index (χ1v) is 7.37. The summed E-state index contributed by atoms with van der Waals surface area (Å²) in [7, 11) is 1.84. The summed E-state index contributed by atoms with van der Waals surface area (Å²) in [5.41, 5.74) is 1.69. The maximum Gasteiger partial charge on any atom is 0.128 e. The summed E-state index contributed by atoms with van der Waals surface area (Å²) in [5.74, 6) is -0.192. The highest BCUT2D eigenvalue weighted by Crippen LogP contribution is 2.30. The zero-order chi connectivity index (χ0) is 13.1. The molecule has 2 rings (SSSR count). The average molecular weight is 420 g/mol. The van der Waals surface area contributed by atoms with Crippen LogP contribution < -0.4 is 5.32 Å². The number of nitrogens with one attached hydrogen (secondary N) is 1. The number of benzene rings is 2. The van der Waals surface area contributed by atoms with Gasteiger partial charge in [-0.2, -0.15) is 0 Å². The quantitative estimate of drug-likeness (QED) is 0.722. The Bertz CT molecular complexity index is 559. The normalized spacial score (nSPS) is 12.4. The molecule has 1 atom stereocenters. The van der Waals surface area contributed by atoms with Crippen molar-refractivity contribution in [3.8, 4) is 0 Å². The highest BCUT2D eigenvalue weighted by Gasteiger charge is 2.18. The molecule has 0 aromatic heterocycles. The average Bonchev–Trinajstić information content (AvgIpc) is 2.36. The minimum absolute atomic E-state index is 0.157. The van der Waals surface area contributed by atoms with Crippen LogP contribution in [0.5, 0.6) is 0 Å². The third-order valence-electron chi connectivity index (χ3n) is 2.77. The maximum absolute atomic E-state index is 13.9. The first-order valence-electron chi connectivity index (χ1n) is 5.50. The molecule has 0 bridgehead atoms. The van der Waals surface area contributed by atoms with E-state index in [2.05, 4.69) is 49.9 Å². The first kappa shape index (κ1) is 14.0. The van der Waals surface area contributed by atoms with Gasteiger partial charge in [0.2, 0.25) is 0 Å². The van der Waals surface area contributed by atoms with Crippen molar-refractivity contribution in [1.29, 1.82) is 0 Å². The lowest BCUT2D eigenvalue weighted by atomic mass is 9.98. The van der Waals surface area contributed by atoms with Crippen molar-refractivity contribution >= 4 is 38.5 Å². The smallest absolute Gasteiger partial charge is 0.128 e. The molecule has 2 aromatic carbocycles. The van der Waals surface area contributed by atoms with Gasteiger partial charge < -0.3 is 5.32 Å². The summed E-state index contributed by atoms with van der Waals surface area (Å²) in [4.78, 5) is 0. The third kappa shape index (κ3) is 2.92. The number of hydrogen-bond donors (Lipinski definition) is 1. The maximum atomic E-state index is 13.9. The summed E-state index contributed by atoms with van der Waals surface area (Å²) in [6.07, 6.45) is 0. The third-order valence-corrected chi connectivity index (χ3v) is 4.17. The van der Waals surface area contributed by atoms with E-state index in [0.29, 0.717) is 5.56 Å². The second-order valence-electron chi connectivity index (χ2n) is 3.91. The zero-order valence-corrected chi connectivity index (χ0v) is 13.5. The Morgan fingerprint density at radius 2 is 1.89 bits per heavy atom. The van der Waals surface area contributed by atoms with E-state index in [-0.39, 0.29) is 11.9 Å². The van der Waals surface area contributed by atoms with Crippen LogP contribution in [0.15, 0.2) is 46.9 Å². The molecule has 0 saturated carbocycles. The second kappa shape index (κ2) is 6.12. The molecule has 94 valence electrons. The van der Waals surface area contributed by atoms with Crippen LogP contribution in [0.3, 0.4) is 0 Å². The lowest BCUT2D eigenvalue weighted by Gasteiger charge is -2.19. The van der Waals surface area contributed by atoms with Crippen molar-refractivity contribution in [2.75, 3.05) is 7.05 Å². The number of rotatable bonds is 3. The van der Waals surface area contributed by atoms with Gasteiger partial charge in [-0.3, -0.25) is 0 Å². The van der Waals surface area contributed by atoms with Crippen molar-refractivity contribution in [3.63, 3.8) is 0 Å². The summed E-state index contributed by atoms with van der Waals surface area (Å²) >= 11 is 5.79. The molecule has 0 fully saturated rings. The highest BCUT2D eigenvalue weighted by atomic mass is 127. The fraction of sp³-hybridized carbons (Fsp3) is 0.143. The molecule has 0 heterocycles. The van der Waals surface area contributed by atoms with Gasteiger partial charge >= 0.3 is 0 Å². The summed E-state index contributed by atoms with van der Waals surface area (Å²) < 4.78 is 16.0. The van der Waals surface area contributed by atoms with Gasteiger partial charge in [0, 0.05) is 13.6 Å². The van der Waals surface area contributed by atoms with Crippen LogP contribution >= 0.6 is 38.5 Å². The van der Waals surface area contributed by atoms with Crippen LogP contribution in [0.1, 0.15) is 17.2 Å². The van der Waals surface area contributed by atoms with Crippen molar-refractivity contribution in [3.05, 3.63) is 67.5 Å². The lowest BCUT2D eigenvalue weighted by molar-refractivity contribution is 0.575. The Balaban J connectivity index is 2.52. The van der Waals surface area contributed by atoms with Crippen LogP contribution in [-0.4, -0.2) is 7.05 Å². The monoisotopic (exact) mass is 419 g/mol. The Kier molecular flexibility index (Phi) is 4.75.